The Morgan fingerprint density at radius 3 is 2.72 bits per heavy atom. The number of ether oxygens (including phenoxy) is 1. The summed E-state index contributed by atoms with van der Waals surface area (Å²) < 4.78 is 5.32. The van der Waals surface area contributed by atoms with Gasteiger partial charge < -0.3 is 4.74 Å². The second kappa shape index (κ2) is 7.91. The van der Waals surface area contributed by atoms with Crippen LogP contribution in [0.4, 0.5) is 0 Å². The quantitative estimate of drug-likeness (QED) is 0.674. The fourth-order valence-corrected chi connectivity index (χ4v) is 1.93. The topological polar surface area (TPSA) is 26.3 Å². The van der Waals surface area contributed by atoms with Crippen LogP contribution in [0.5, 0.6) is 0 Å². The van der Waals surface area contributed by atoms with Gasteiger partial charge in [-0.1, -0.05) is 57.4 Å². The van der Waals surface area contributed by atoms with Crippen LogP contribution in [0.3, 0.4) is 0 Å². The molecule has 0 bridgehead atoms. The van der Waals surface area contributed by atoms with Gasteiger partial charge in [0.25, 0.3) is 0 Å². The van der Waals surface area contributed by atoms with Crippen LogP contribution in [0.15, 0.2) is 24.3 Å². The van der Waals surface area contributed by atoms with Crippen LogP contribution >= 0.6 is 0 Å². The van der Waals surface area contributed by atoms with E-state index in [0.29, 0.717) is 18.9 Å². The van der Waals surface area contributed by atoms with Crippen LogP contribution < -0.4 is 0 Å². The number of benzene rings is 1. The summed E-state index contributed by atoms with van der Waals surface area (Å²) in [5.41, 5.74) is 2.26. The summed E-state index contributed by atoms with van der Waals surface area (Å²) in [6, 6.07) is 8.00. The van der Waals surface area contributed by atoms with E-state index >= 15 is 0 Å². The van der Waals surface area contributed by atoms with Gasteiger partial charge in [0.2, 0.25) is 0 Å². The van der Waals surface area contributed by atoms with E-state index in [9.17, 15) is 4.79 Å². The lowest BCUT2D eigenvalue weighted by Crippen LogP contribution is -2.10. The predicted molar refractivity (Wildman–Crippen MR) is 74.3 cm³/mol. The molecule has 0 aliphatic heterocycles. The average Bonchev–Trinajstić information content (AvgIpc) is 2.35. The van der Waals surface area contributed by atoms with Gasteiger partial charge in [0, 0.05) is 6.42 Å². The highest BCUT2D eigenvalue weighted by molar-refractivity contribution is 5.69. The first-order chi connectivity index (χ1) is 8.63. The maximum absolute atomic E-state index is 11.7. The number of hydrogen-bond acceptors (Lipinski definition) is 2. The molecule has 0 aromatic heterocycles. The minimum absolute atomic E-state index is 0.0816. The number of unbranched alkanes of at least 4 members (excludes halogenated alkanes) is 1. The normalized spacial score (nSPS) is 12.2. The Balaban J connectivity index is 2.31. The zero-order valence-corrected chi connectivity index (χ0v) is 11.7. The second-order valence-corrected chi connectivity index (χ2v) is 5.04. The Kier molecular flexibility index (Phi) is 6.48. The number of aryl methyl sites for hydroxylation is 1. The lowest BCUT2D eigenvalue weighted by atomic mass is 10.0. The van der Waals surface area contributed by atoms with Crippen molar-refractivity contribution in [2.75, 3.05) is 0 Å². The van der Waals surface area contributed by atoms with Crippen molar-refractivity contribution < 1.29 is 9.53 Å². The molecule has 1 aromatic rings. The first kappa shape index (κ1) is 14.7. The third-order valence-electron chi connectivity index (χ3n) is 3.22. The van der Waals surface area contributed by atoms with Gasteiger partial charge in [-0.2, -0.15) is 0 Å². The third-order valence-corrected chi connectivity index (χ3v) is 3.22. The van der Waals surface area contributed by atoms with Crippen LogP contribution in [0.25, 0.3) is 0 Å². The zero-order chi connectivity index (χ0) is 13.4. The molecule has 1 atom stereocenters. The smallest absolute Gasteiger partial charge is 0.306 e. The summed E-state index contributed by atoms with van der Waals surface area (Å²) >= 11 is 0. The van der Waals surface area contributed by atoms with Crippen molar-refractivity contribution in [1.82, 2.24) is 0 Å². The molecule has 1 rings (SSSR count). The van der Waals surface area contributed by atoms with Crippen molar-refractivity contribution >= 4 is 5.97 Å². The molecule has 0 aliphatic rings. The van der Waals surface area contributed by atoms with E-state index in [2.05, 4.69) is 13.8 Å². The molecule has 2 heteroatoms. The van der Waals surface area contributed by atoms with E-state index in [1.54, 1.807) is 0 Å². The van der Waals surface area contributed by atoms with Gasteiger partial charge in [-0.3, -0.25) is 4.79 Å². The molecule has 0 radical (unpaired) electrons. The van der Waals surface area contributed by atoms with Gasteiger partial charge in [0.05, 0.1) is 0 Å². The van der Waals surface area contributed by atoms with Gasteiger partial charge in [0.15, 0.2) is 0 Å². The minimum atomic E-state index is -0.0816. The van der Waals surface area contributed by atoms with Crippen molar-refractivity contribution in [1.29, 1.82) is 0 Å². The van der Waals surface area contributed by atoms with Gasteiger partial charge in [-0.15, -0.1) is 0 Å². The van der Waals surface area contributed by atoms with E-state index in [1.165, 1.54) is 18.4 Å². The van der Waals surface area contributed by atoms with Gasteiger partial charge in [-0.25, -0.2) is 0 Å². The third kappa shape index (κ3) is 5.35. The molecule has 1 aromatic carbocycles. The van der Waals surface area contributed by atoms with Gasteiger partial charge in [0.1, 0.15) is 6.61 Å². The summed E-state index contributed by atoms with van der Waals surface area (Å²) in [4.78, 5) is 11.7. The summed E-state index contributed by atoms with van der Waals surface area (Å²) in [7, 11) is 0. The number of hydrogen-bond donors (Lipinski definition) is 0. The van der Waals surface area contributed by atoms with Gasteiger partial charge >= 0.3 is 5.97 Å². The summed E-state index contributed by atoms with van der Waals surface area (Å²) in [6.45, 7) is 6.72. The van der Waals surface area contributed by atoms with E-state index in [0.717, 1.165) is 12.0 Å². The number of carbonyl (C=O) groups is 1. The Labute approximate surface area is 110 Å². The van der Waals surface area contributed by atoms with Crippen LogP contribution in [0.2, 0.25) is 0 Å². The molecule has 0 amide bonds. The van der Waals surface area contributed by atoms with Gasteiger partial charge in [-0.05, 0) is 24.0 Å². The molecule has 0 aliphatic carbocycles. The highest BCUT2D eigenvalue weighted by atomic mass is 16.5. The maximum atomic E-state index is 11.7. The van der Waals surface area contributed by atoms with Crippen LogP contribution in [-0.4, -0.2) is 5.97 Å². The number of carbonyl (C=O) groups excluding carboxylic acids is 1. The SMILES string of the molecule is CCCCC(C)CC(=O)OCc1ccccc1C. The fraction of sp³-hybridized carbons (Fsp3) is 0.562. The van der Waals surface area contributed by atoms with E-state index in [1.807, 2.05) is 31.2 Å². The Hall–Kier alpha value is -1.31. The summed E-state index contributed by atoms with van der Waals surface area (Å²) in [5, 5.41) is 0. The maximum Gasteiger partial charge on any atom is 0.306 e. The van der Waals surface area contributed by atoms with E-state index in [4.69, 9.17) is 4.74 Å². The van der Waals surface area contributed by atoms with E-state index in [-0.39, 0.29) is 5.97 Å². The molecular formula is C16H24O2. The monoisotopic (exact) mass is 248 g/mol. The van der Waals surface area contributed by atoms with Crippen molar-refractivity contribution in [3.63, 3.8) is 0 Å². The van der Waals surface area contributed by atoms with Crippen molar-refractivity contribution in [3.05, 3.63) is 35.4 Å². The second-order valence-electron chi connectivity index (χ2n) is 5.04. The Bertz CT molecular complexity index is 371. The minimum Gasteiger partial charge on any atom is -0.461 e. The summed E-state index contributed by atoms with van der Waals surface area (Å²) in [6.07, 6.45) is 4.01. The Morgan fingerprint density at radius 1 is 1.33 bits per heavy atom. The standard InChI is InChI=1S/C16H24O2/c1-4-5-8-13(2)11-16(17)18-12-15-10-7-6-9-14(15)3/h6-7,9-10,13H,4-5,8,11-12H2,1-3H3. The fourth-order valence-electron chi connectivity index (χ4n) is 1.93. The largest absolute Gasteiger partial charge is 0.461 e. The Morgan fingerprint density at radius 2 is 2.06 bits per heavy atom. The lowest BCUT2D eigenvalue weighted by Gasteiger charge is -2.11. The molecule has 18 heavy (non-hydrogen) atoms. The molecule has 0 fully saturated rings. The van der Waals surface area contributed by atoms with E-state index < -0.39 is 0 Å². The zero-order valence-electron chi connectivity index (χ0n) is 11.7. The van der Waals surface area contributed by atoms with Crippen molar-refractivity contribution in [2.24, 2.45) is 5.92 Å². The molecule has 0 saturated carbocycles. The molecule has 1 unspecified atom stereocenters. The highest BCUT2D eigenvalue weighted by Gasteiger charge is 2.10. The molecule has 0 saturated heterocycles. The van der Waals surface area contributed by atoms with Crippen molar-refractivity contribution in [2.45, 2.75) is 53.1 Å². The number of rotatable bonds is 7. The predicted octanol–water partition coefficient (Wildman–Crippen LogP) is 4.25. The molecular weight excluding hydrogens is 224 g/mol. The molecule has 0 heterocycles. The molecule has 100 valence electrons. The first-order valence-corrected chi connectivity index (χ1v) is 6.83. The molecule has 0 spiro atoms. The molecule has 0 N–H and O–H groups in total. The molecule has 2 nitrogen and oxygen atoms in total. The first-order valence-electron chi connectivity index (χ1n) is 6.83. The lowest BCUT2D eigenvalue weighted by molar-refractivity contribution is -0.146. The van der Waals surface area contributed by atoms with Crippen LogP contribution in [0, 0.1) is 12.8 Å². The van der Waals surface area contributed by atoms with Crippen LogP contribution in [-0.2, 0) is 16.1 Å². The van der Waals surface area contributed by atoms with Crippen LogP contribution in [0.1, 0.15) is 50.7 Å². The average molecular weight is 248 g/mol. The van der Waals surface area contributed by atoms with Crippen molar-refractivity contribution in [3.8, 4) is 0 Å². The number of esters is 1. The highest BCUT2D eigenvalue weighted by Crippen LogP contribution is 2.14. The summed E-state index contributed by atoms with van der Waals surface area (Å²) in [5.74, 6) is 0.344.